The van der Waals surface area contributed by atoms with Gasteiger partial charge in [-0.3, -0.25) is 4.79 Å². The highest BCUT2D eigenvalue weighted by molar-refractivity contribution is 5.82. The van der Waals surface area contributed by atoms with Gasteiger partial charge in [0, 0.05) is 7.05 Å². The summed E-state index contributed by atoms with van der Waals surface area (Å²) in [5.41, 5.74) is 7.02. The predicted octanol–water partition coefficient (Wildman–Crippen LogP) is 1.70. The van der Waals surface area contributed by atoms with Gasteiger partial charge >= 0.3 is 0 Å². The second-order valence-corrected chi connectivity index (χ2v) is 4.41. The molecule has 0 aromatic heterocycles. The number of likely N-dealkylation sites (N-methyl/N-ethyl adjacent to an activating group) is 1. The van der Waals surface area contributed by atoms with Crippen molar-refractivity contribution < 1.29 is 4.79 Å². The molecule has 0 spiro atoms. The van der Waals surface area contributed by atoms with Gasteiger partial charge in [-0.1, -0.05) is 30.3 Å². The maximum atomic E-state index is 11.9. The van der Waals surface area contributed by atoms with Crippen molar-refractivity contribution in [1.82, 2.24) is 4.90 Å². The Bertz CT molecular complexity index is 363. The van der Waals surface area contributed by atoms with Gasteiger partial charge in [0.15, 0.2) is 0 Å². The van der Waals surface area contributed by atoms with Gasteiger partial charge in [0.05, 0.1) is 12.1 Å². The molecule has 3 heteroatoms. The normalized spacial score (nSPS) is 26.6. The summed E-state index contributed by atoms with van der Waals surface area (Å²) in [6.45, 7) is 0. The van der Waals surface area contributed by atoms with E-state index in [0.29, 0.717) is 0 Å². The molecule has 86 valence electrons. The summed E-state index contributed by atoms with van der Waals surface area (Å²) < 4.78 is 0. The molecular weight excluding hydrogens is 200 g/mol. The summed E-state index contributed by atoms with van der Waals surface area (Å²) >= 11 is 0. The average Bonchev–Trinajstić information content (AvgIpc) is 2.44. The molecule has 1 aromatic carbocycles. The largest absolute Gasteiger partial charge is 0.337 e. The van der Waals surface area contributed by atoms with Crippen molar-refractivity contribution in [3.8, 4) is 0 Å². The molecule has 2 rings (SSSR count). The molecule has 3 nitrogen and oxygen atoms in total. The molecule has 1 aromatic rings. The molecular formula is C13H18N2O. The number of carbonyl (C=O) groups excluding carboxylic acids is 1. The number of hydrogen-bond acceptors (Lipinski definition) is 2. The molecule has 1 aliphatic heterocycles. The van der Waals surface area contributed by atoms with Gasteiger partial charge in [-0.05, 0) is 24.8 Å². The van der Waals surface area contributed by atoms with Crippen molar-refractivity contribution in [2.45, 2.75) is 31.3 Å². The molecule has 1 heterocycles. The molecule has 2 atom stereocenters. The van der Waals surface area contributed by atoms with Crippen LogP contribution in [-0.4, -0.2) is 23.9 Å². The fraction of sp³-hybridized carbons (Fsp3) is 0.462. The lowest BCUT2D eigenvalue weighted by molar-refractivity contribution is -0.132. The minimum atomic E-state index is -0.321. The number of benzene rings is 1. The summed E-state index contributed by atoms with van der Waals surface area (Å²) in [6.07, 6.45) is 2.81. The zero-order valence-electron chi connectivity index (χ0n) is 9.60. The minimum absolute atomic E-state index is 0.0614. The third-order valence-corrected chi connectivity index (χ3v) is 3.31. The molecule has 1 fully saturated rings. The van der Waals surface area contributed by atoms with Crippen LogP contribution in [0.15, 0.2) is 30.3 Å². The van der Waals surface area contributed by atoms with Crippen LogP contribution in [0.4, 0.5) is 0 Å². The van der Waals surface area contributed by atoms with Gasteiger partial charge in [-0.25, -0.2) is 0 Å². The summed E-state index contributed by atoms with van der Waals surface area (Å²) in [6, 6.07) is 10.0. The Labute approximate surface area is 96.2 Å². The summed E-state index contributed by atoms with van der Waals surface area (Å²) in [7, 11) is 1.85. The van der Waals surface area contributed by atoms with Crippen molar-refractivity contribution in [2.75, 3.05) is 7.05 Å². The number of nitrogens with zero attached hydrogens (tertiary/aromatic N) is 1. The standard InChI is InChI=1S/C13H18N2O/c1-15-12(10-6-3-2-4-7-10)9-5-8-11(14)13(15)16/h2-4,6-7,11-12H,5,8-9,14H2,1H3/t11-,12-/m1/s1. The Morgan fingerprint density at radius 3 is 2.62 bits per heavy atom. The summed E-state index contributed by atoms with van der Waals surface area (Å²) in [4.78, 5) is 13.7. The first-order valence-electron chi connectivity index (χ1n) is 5.77. The number of amides is 1. The van der Waals surface area contributed by atoms with E-state index < -0.39 is 0 Å². The molecule has 2 N–H and O–H groups in total. The first-order valence-corrected chi connectivity index (χ1v) is 5.77. The van der Waals surface area contributed by atoms with Crippen LogP contribution in [0.25, 0.3) is 0 Å². The van der Waals surface area contributed by atoms with E-state index in [-0.39, 0.29) is 18.0 Å². The van der Waals surface area contributed by atoms with Crippen molar-refractivity contribution in [3.63, 3.8) is 0 Å². The van der Waals surface area contributed by atoms with Crippen LogP contribution in [0.3, 0.4) is 0 Å². The Balaban J connectivity index is 2.24. The van der Waals surface area contributed by atoms with E-state index in [1.54, 1.807) is 4.90 Å². The maximum Gasteiger partial charge on any atom is 0.239 e. The van der Waals surface area contributed by atoms with E-state index in [1.165, 1.54) is 5.56 Å². The van der Waals surface area contributed by atoms with E-state index in [2.05, 4.69) is 12.1 Å². The Kier molecular flexibility index (Phi) is 3.25. The van der Waals surface area contributed by atoms with Crippen LogP contribution >= 0.6 is 0 Å². The lowest BCUT2D eigenvalue weighted by Gasteiger charge is -2.27. The highest BCUT2D eigenvalue weighted by atomic mass is 16.2. The zero-order valence-corrected chi connectivity index (χ0v) is 9.60. The fourth-order valence-corrected chi connectivity index (χ4v) is 2.33. The highest BCUT2D eigenvalue weighted by Gasteiger charge is 2.28. The third kappa shape index (κ3) is 2.09. The van der Waals surface area contributed by atoms with Crippen LogP contribution in [0, 0.1) is 0 Å². The third-order valence-electron chi connectivity index (χ3n) is 3.31. The van der Waals surface area contributed by atoms with E-state index in [1.807, 2.05) is 25.2 Å². The lowest BCUT2D eigenvalue weighted by atomic mass is 10.0. The fourth-order valence-electron chi connectivity index (χ4n) is 2.33. The Morgan fingerprint density at radius 1 is 1.25 bits per heavy atom. The van der Waals surface area contributed by atoms with Gasteiger partial charge in [0.2, 0.25) is 5.91 Å². The molecule has 1 amide bonds. The zero-order chi connectivity index (χ0) is 11.5. The molecule has 0 aliphatic carbocycles. The van der Waals surface area contributed by atoms with Crippen LogP contribution < -0.4 is 5.73 Å². The first-order chi connectivity index (χ1) is 7.70. The SMILES string of the molecule is CN1C(=O)[C@H](N)CCC[C@@H]1c1ccccc1. The molecule has 0 saturated carbocycles. The predicted molar refractivity (Wildman–Crippen MR) is 63.8 cm³/mol. The van der Waals surface area contributed by atoms with E-state index in [4.69, 9.17) is 5.73 Å². The van der Waals surface area contributed by atoms with Crippen molar-refractivity contribution in [3.05, 3.63) is 35.9 Å². The summed E-state index contributed by atoms with van der Waals surface area (Å²) in [5.74, 6) is 0.0614. The van der Waals surface area contributed by atoms with Gasteiger partial charge in [-0.2, -0.15) is 0 Å². The molecule has 0 radical (unpaired) electrons. The van der Waals surface area contributed by atoms with E-state index in [0.717, 1.165) is 19.3 Å². The second-order valence-electron chi connectivity index (χ2n) is 4.41. The minimum Gasteiger partial charge on any atom is -0.337 e. The van der Waals surface area contributed by atoms with Crippen molar-refractivity contribution in [1.29, 1.82) is 0 Å². The highest BCUT2D eigenvalue weighted by Crippen LogP contribution is 2.28. The lowest BCUT2D eigenvalue weighted by Crippen LogP contribution is -2.41. The number of nitrogens with two attached hydrogens (primary N) is 1. The Morgan fingerprint density at radius 2 is 1.94 bits per heavy atom. The van der Waals surface area contributed by atoms with Crippen molar-refractivity contribution >= 4 is 5.91 Å². The molecule has 0 bridgehead atoms. The first kappa shape index (κ1) is 11.1. The number of hydrogen-bond donors (Lipinski definition) is 1. The molecule has 0 unspecified atom stereocenters. The molecule has 16 heavy (non-hydrogen) atoms. The van der Waals surface area contributed by atoms with Crippen LogP contribution in [0.2, 0.25) is 0 Å². The second kappa shape index (κ2) is 4.66. The van der Waals surface area contributed by atoms with Crippen LogP contribution in [-0.2, 0) is 4.79 Å². The van der Waals surface area contributed by atoms with Crippen LogP contribution in [0.5, 0.6) is 0 Å². The molecule has 1 saturated heterocycles. The van der Waals surface area contributed by atoms with Crippen molar-refractivity contribution in [2.24, 2.45) is 5.73 Å². The average molecular weight is 218 g/mol. The van der Waals surface area contributed by atoms with E-state index in [9.17, 15) is 4.79 Å². The van der Waals surface area contributed by atoms with Crippen LogP contribution in [0.1, 0.15) is 30.9 Å². The quantitative estimate of drug-likeness (QED) is 0.779. The monoisotopic (exact) mass is 218 g/mol. The summed E-state index contributed by atoms with van der Waals surface area (Å²) in [5, 5.41) is 0. The Hall–Kier alpha value is -1.35. The topological polar surface area (TPSA) is 46.3 Å². The smallest absolute Gasteiger partial charge is 0.239 e. The van der Waals surface area contributed by atoms with Gasteiger partial charge in [-0.15, -0.1) is 0 Å². The van der Waals surface area contributed by atoms with Gasteiger partial charge in [0.1, 0.15) is 0 Å². The number of rotatable bonds is 1. The van der Waals surface area contributed by atoms with E-state index >= 15 is 0 Å². The van der Waals surface area contributed by atoms with Gasteiger partial charge in [0.25, 0.3) is 0 Å². The van der Waals surface area contributed by atoms with Gasteiger partial charge < -0.3 is 10.6 Å². The molecule has 1 aliphatic rings. The number of carbonyl (C=O) groups is 1. The number of likely N-dealkylation sites (tertiary alicyclic amines) is 1. The maximum absolute atomic E-state index is 11.9.